The fourth-order valence-electron chi connectivity index (χ4n) is 1.63. The van der Waals surface area contributed by atoms with E-state index in [4.69, 9.17) is 4.74 Å². The Balaban J connectivity index is 2.12. The van der Waals surface area contributed by atoms with Crippen molar-refractivity contribution in [1.82, 2.24) is 4.98 Å². The molecule has 15 heavy (non-hydrogen) atoms. The topological polar surface area (TPSA) is 25.4 Å². The molecule has 1 aliphatic rings. The van der Waals surface area contributed by atoms with Crippen molar-refractivity contribution in [2.75, 3.05) is 30.0 Å². The van der Waals surface area contributed by atoms with Gasteiger partial charge in [-0.2, -0.15) is 0 Å². The number of nitrogens with zero attached hydrogens (tertiary/aromatic N) is 2. The Hall–Kier alpha value is -0.130. The maximum atomic E-state index is 5.46. The van der Waals surface area contributed by atoms with Crippen LogP contribution in [0.3, 0.4) is 0 Å². The highest BCUT2D eigenvalue weighted by molar-refractivity contribution is 9.09. The van der Waals surface area contributed by atoms with E-state index in [1.54, 1.807) is 11.3 Å². The minimum atomic E-state index is 0.426. The van der Waals surface area contributed by atoms with E-state index in [-0.39, 0.29) is 0 Å². The second kappa shape index (κ2) is 5.27. The number of thiazole rings is 1. The van der Waals surface area contributed by atoms with Crippen LogP contribution in [0.15, 0.2) is 5.38 Å². The summed E-state index contributed by atoms with van der Waals surface area (Å²) in [4.78, 5) is 6.97. The second-order valence-corrected chi connectivity index (χ2v) is 5.04. The summed E-state index contributed by atoms with van der Waals surface area (Å²) < 4.78 is 5.46. The van der Waals surface area contributed by atoms with Crippen molar-refractivity contribution < 1.29 is 4.74 Å². The standard InChI is InChI=1S/C10H15BrN2OS/c1-2-8-7-15-10(12-8)13-3-4-14-6-9(13)5-11/h7,9H,2-6H2,1H3. The molecule has 0 radical (unpaired) electrons. The molecule has 3 nitrogen and oxygen atoms in total. The van der Waals surface area contributed by atoms with Crippen LogP contribution in [0, 0.1) is 0 Å². The van der Waals surface area contributed by atoms with Gasteiger partial charge in [-0.05, 0) is 6.42 Å². The van der Waals surface area contributed by atoms with E-state index < -0.39 is 0 Å². The van der Waals surface area contributed by atoms with E-state index in [1.165, 1.54) is 5.69 Å². The first-order chi connectivity index (χ1) is 7.35. The minimum Gasteiger partial charge on any atom is -0.377 e. The van der Waals surface area contributed by atoms with Crippen molar-refractivity contribution in [3.8, 4) is 0 Å². The monoisotopic (exact) mass is 290 g/mol. The quantitative estimate of drug-likeness (QED) is 0.799. The predicted molar refractivity (Wildman–Crippen MR) is 67.2 cm³/mol. The number of halogens is 1. The lowest BCUT2D eigenvalue weighted by molar-refractivity contribution is 0.100. The summed E-state index contributed by atoms with van der Waals surface area (Å²) in [5, 5.41) is 4.23. The molecule has 1 aromatic rings. The lowest BCUT2D eigenvalue weighted by Crippen LogP contribution is -2.46. The van der Waals surface area contributed by atoms with Crippen molar-refractivity contribution in [1.29, 1.82) is 0 Å². The van der Waals surface area contributed by atoms with Crippen LogP contribution in [0.1, 0.15) is 12.6 Å². The molecule has 2 heterocycles. The molecule has 5 heteroatoms. The molecule has 0 bridgehead atoms. The highest BCUT2D eigenvalue weighted by atomic mass is 79.9. The fourth-order valence-corrected chi connectivity index (χ4v) is 3.17. The first-order valence-electron chi connectivity index (χ1n) is 5.20. The lowest BCUT2D eigenvalue weighted by atomic mass is 10.3. The van der Waals surface area contributed by atoms with Gasteiger partial charge >= 0.3 is 0 Å². The molecule has 0 saturated carbocycles. The van der Waals surface area contributed by atoms with Crippen LogP contribution in [-0.4, -0.2) is 36.1 Å². The molecule has 0 aromatic carbocycles. The highest BCUT2D eigenvalue weighted by Gasteiger charge is 2.24. The van der Waals surface area contributed by atoms with Gasteiger partial charge in [-0.1, -0.05) is 22.9 Å². The molecule has 0 amide bonds. The van der Waals surface area contributed by atoms with Gasteiger partial charge in [0.1, 0.15) is 0 Å². The summed E-state index contributed by atoms with van der Waals surface area (Å²) in [5.41, 5.74) is 1.19. The minimum absolute atomic E-state index is 0.426. The third-order valence-corrected chi connectivity index (χ3v) is 4.23. The van der Waals surface area contributed by atoms with Gasteiger partial charge in [0.2, 0.25) is 0 Å². The maximum Gasteiger partial charge on any atom is 0.185 e. The summed E-state index contributed by atoms with van der Waals surface area (Å²) in [6.45, 7) is 4.70. The number of anilines is 1. The average molecular weight is 291 g/mol. The Labute approximate surface area is 103 Å². The molecule has 0 spiro atoms. The van der Waals surface area contributed by atoms with Crippen LogP contribution in [-0.2, 0) is 11.2 Å². The van der Waals surface area contributed by atoms with Crippen LogP contribution in [0.5, 0.6) is 0 Å². The Bertz CT molecular complexity index is 318. The SMILES string of the molecule is CCc1csc(N2CCOCC2CBr)n1. The number of ether oxygens (including phenoxy) is 1. The molecule has 1 unspecified atom stereocenters. The molecule has 1 aliphatic heterocycles. The maximum absolute atomic E-state index is 5.46. The average Bonchev–Trinajstić information content (AvgIpc) is 2.77. The van der Waals surface area contributed by atoms with Crippen molar-refractivity contribution in [2.24, 2.45) is 0 Å². The zero-order chi connectivity index (χ0) is 10.7. The van der Waals surface area contributed by atoms with E-state index in [2.05, 4.69) is 38.1 Å². The molecule has 2 rings (SSSR count). The van der Waals surface area contributed by atoms with E-state index in [9.17, 15) is 0 Å². The number of alkyl halides is 1. The number of aryl methyl sites for hydroxylation is 1. The van der Waals surface area contributed by atoms with E-state index in [1.807, 2.05) is 0 Å². The molecule has 1 saturated heterocycles. The van der Waals surface area contributed by atoms with Gasteiger partial charge < -0.3 is 9.64 Å². The smallest absolute Gasteiger partial charge is 0.185 e. The molecular formula is C10H15BrN2OS. The highest BCUT2D eigenvalue weighted by Crippen LogP contribution is 2.25. The second-order valence-electron chi connectivity index (χ2n) is 3.55. The lowest BCUT2D eigenvalue weighted by Gasteiger charge is -2.34. The first kappa shape index (κ1) is 11.4. The van der Waals surface area contributed by atoms with Gasteiger partial charge in [0.25, 0.3) is 0 Å². The van der Waals surface area contributed by atoms with Crippen molar-refractivity contribution in [3.05, 3.63) is 11.1 Å². The van der Waals surface area contributed by atoms with Crippen LogP contribution in [0.4, 0.5) is 5.13 Å². The number of hydrogen-bond donors (Lipinski definition) is 0. The van der Waals surface area contributed by atoms with Gasteiger partial charge in [0.15, 0.2) is 5.13 Å². The number of hydrogen-bond acceptors (Lipinski definition) is 4. The number of rotatable bonds is 3. The molecular weight excluding hydrogens is 276 g/mol. The largest absolute Gasteiger partial charge is 0.377 e. The van der Waals surface area contributed by atoms with Crippen molar-refractivity contribution >= 4 is 32.4 Å². The zero-order valence-corrected chi connectivity index (χ0v) is 11.2. The molecule has 1 atom stereocenters. The van der Waals surface area contributed by atoms with Gasteiger partial charge in [-0.15, -0.1) is 11.3 Å². The third kappa shape index (κ3) is 2.52. The number of morpholine rings is 1. The molecule has 1 aromatic heterocycles. The van der Waals surface area contributed by atoms with Crippen LogP contribution in [0.2, 0.25) is 0 Å². The van der Waals surface area contributed by atoms with Crippen LogP contribution in [0.25, 0.3) is 0 Å². The summed E-state index contributed by atoms with van der Waals surface area (Å²) in [5.74, 6) is 0. The first-order valence-corrected chi connectivity index (χ1v) is 7.20. The summed E-state index contributed by atoms with van der Waals surface area (Å²) in [7, 11) is 0. The van der Waals surface area contributed by atoms with E-state index >= 15 is 0 Å². The molecule has 1 fully saturated rings. The van der Waals surface area contributed by atoms with Gasteiger partial charge in [0, 0.05) is 17.3 Å². The summed E-state index contributed by atoms with van der Waals surface area (Å²) in [6, 6.07) is 0.426. The van der Waals surface area contributed by atoms with Gasteiger partial charge in [-0.3, -0.25) is 0 Å². The van der Waals surface area contributed by atoms with Gasteiger partial charge in [0.05, 0.1) is 24.9 Å². The molecule has 0 N–H and O–H groups in total. The zero-order valence-electron chi connectivity index (χ0n) is 8.78. The summed E-state index contributed by atoms with van der Waals surface area (Å²) in [6.07, 6.45) is 1.01. The fraction of sp³-hybridized carbons (Fsp3) is 0.700. The third-order valence-electron chi connectivity index (χ3n) is 2.55. The Morgan fingerprint density at radius 2 is 2.60 bits per heavy atom. The normalized spacial score (nSPS) is 22.0. The summed E-state index contributed by atoms with van der Waals surface area (Å²) >= 11 is 5.27. The van der Waals surface area contributed by atoms with E-state index in [0.717, 1.165) is 36.6 Å². The van der Waals surface area contributed by atoms with Crippen molar-refractivity contribution in [3.63, 3.8) is 0 Å². The molecule has 0 aliphatic carbocycles. The van der Waals surface area contributed by atoms with E-state index in [0.29, 0.717) is 6.04 Å². The predicted octanol–water partition coefficient (Wildman–Crippen LogP) is 2.31. The molecule has 84 valence electrons. The van der Waals surface area contributed by atoms with Crippen LogP contribution >= 0.6 is 27.3 Å². The number of aromatic nitrogens is 1. The Morgan fingerprint density at radius 1 is 1.73 bits per heavy atom. The Kier molecular flexibility index (Phi) is 3.99. The van der Waals surface area contributed by atoms with Gasteiger partial charge in [-0.25, -0.2) is 4.98 Å². The van der Waals surface area contributed by atoms with Crippen molar-refractivity contribution in [2.45, 2.75) is 19.4 Å². The Morgan fingerprint density at radius 3 is 3.27 bits per heavy atom. The van der Waals surface area contributed by atoms with Crippen LogP contribution < -0.4 is 4.90 Å².